The molecule has 2 bridgehead atoms. The van der Waals surface area contributed by atoms with Gasteiger partial charge in [-0.05, 0) is 109 Å². The number of nitrogens with one attached hydrogen (secondary N) is 1. The van der Waals surface area contributed by atoms with Gasteiger partial charge in [-0.25, -0.2) is 8.58 Å². The highest BCUT2D eigenvalue weighted by atomic mass is 35.5. The second kappa shape index (κ2) is 13.6. The van der Waals surface area contributed by atoms with Crippen LogP contribution in [-0.4, -0.2) is 59.1 Å². The maximum atomic E-state index is 14.3. The molecule has 2 aromatic carbocycles. The van der Waals surface area contributed by atoms with Gasteiger partial charge in [0.1, 0.15) is 15.7 Å². The number of amides is 2. The average molecular weight is 709 g/mol. The van der Waals surface area contributed by atoms with E-state index in [9.17, 15) is 13.8 Å². The van der Waals surface area contributed by atoms with E-state index in [2.05, 4.69) is 42.6 Å². The van der Waals surface area contributed by atoms with Crippen LogP contribution in [0.1, 0.15) is 70.9 Å². The smallest absolute Gasteiger partial charge is 0.286 e. The van der Waals surface area contributed by atoms with Crippen molar-refractivity contribution < 1.29 is 23.3 Å². The molecule has 0 saturated heterocycles. The summed E-state index contributed by atoms with van der Waals surface area (Å²) in [6.07, 6.45) is 11.3. The number of aromatic nitrogens is 1. The number of nitrogens with zero attached hydrogens (tertiary/aromatic N) is 3. The molecule has 48 heavy (non-hydrogen) atoms. The van der Waals surface area contributed by atoms with Crippen LogP contribution in [0.2, 0.25) is 5.02 Å². The Labute approximate surface area is 291 Å². The molecule has 3 heterocycles. The fourth-order valence-electron chi connectivity index (χ4n) is 7.89. The van der Waals surface area contributed by atoms with Crippen molar-refractivity contribution in [2.24, 2.45) is 22.1 Å². The Morgan fingerprint density at radius 2 is 2.10 bits per heavy atom. The summed E-state index contributed by atoms with van der Waals surface area (Å²) in [5.41, 5.74) is 3.69. The molecular formula is C36H41ClN4O5S2. The van der Waals surface area contributed by atoms with Crippen LogP contribution >= 0.6 is 23.1 Å². The zero-order valence-electron chi connectivity index (χ0n) is 27.2. The number of carbonyl (C=O) groups is 2. The second-order valence-electron chi connectivity index (χ2n) is 13.8. The third-order valence-corrected chi connectivity index (χ3v) is 13.3. The highest BCUT2D eigenvalue weighted by molar-refractivity contribution is 7.92. The number of fused-ring (bicyclic) bond motifs is 4. The van der Waals surface area contributed by atoms with Gasteiger partial charge in [0.15, 0.2) is 0 Å². The van der Waals surface area contributed by atoms with E-state index in [-0.39, 0.29) is 28.8 Å². The Morgan fingerprint density at radius 1 is 1.23 bits per heavy atom. The lowest BCUT2D eigenvalue weighted by Gasteiger charge is -2.46. The monoisotopic (exact) mass is 708 g/mol. The van der Waals surface area contributed by atoms with Crippen LogP contribution in [0.5, 0.6) is 5.75 Å². The molecule has 0 radical (unpaired) electrons. The Bertz CT molecular complexity index is 1860. The second-order valence-corrected chi connectivity index (χ2v) is 16.9. The Balaban J connectivity index is 1.31. The first-order valence-electron chi connectivity index (χ1n) is 16.7. The summed E-state index contributed by atoms with van der Waals surface area (Å²) in [4.78, 5) is 29.3. The van der Waals surface area contributed by atoms with Gasteiger partial charge in [-0.2, -0.15) is 0 Å². The number of aryl methyl sites for hydroxylation is 1. The molecule has 4 aliphatic rings. The van der Waals surface area contributed by atoms with Crippen LogP contribution in [0.15, 0.2) is 64.5 Å². The van der Waals surface area contributed by atoms with Gasteiger partial charge in [0.2, 0.25) is 0 Å². The Hall–Kier alpha value is -3.25. The van der Waals surface area contributed by atoms with Crippen molar-refractivity contribution in [3.63, 3.8) is 0 Å². The maximum Gasteiger partial charge on any atom is 0.286 e. The quantitative estimate of drug-likeness (QED) is 0.296. The number of rotatable bonds is 3. The highest BCUT2D eigenvalue weighted by Gasteiger charge is 2.44. The summed E-state index contributed by atoms with van der Waals surface area (Å²) in [6, 6.07) is 11.6. The molecule has 2 aliphatic heterocycles. The third-order valence-electron chi connectivity index (χ3n) is 10.5. The molecule has 1 saturated carbocycles. The SMILES string of the molecule is CO[C@H]1/C=C/C[C@H](C)CS(=O)(NC(=O)c2cnsc2)=NC(=O)c2ccc3c(c2)N(C[C@@H]2CC[C@H]21)C[C@@]1(CCCc2cc(Cl)ccc21)CO3. The van der Waals surface area contributed by atoms with Gasteiger partial charge in [0, 0.05) is 41.6 Å². The molecule has 6 atom stereocenters. The number of hydrogen-bond acceptors (Lipinski definition) is 8. The van der Waals surface area contributed by atoms with Crippen molar-refractivity contribution in [1.29, 1.82) is 0 Å². The molecule has 7 rings (SSSR count). The van der Waals surface area contributed by atoms with Crippen LogP contribution in [0.3, 0.4) is 0 Å². The van der Waals surface area contributed by atoms with E-state index >= 15 is 0 Å². The largest absolute Gasteiger partial charge is 0.490 e. The molecule has 1 N–H and O–H groups in total. The molecule has 1 spiro atoms. The van der Waals surface area contributed by atoms with E-state index in [4.69, 9.17) is 21.1 Å². The van der Waals surface area contributed by atoms with Crippen molar-refractivity contribution >= 4 is 50.6 Å². The van der Waals surface area contributed by atoms with Crippen LogP contribution < -0.4 is 14.4 Å². The first-order chi connectivity index (χ1) is 23.1. The van der Waals surface area contributed by atoms with Gasteiger partial charge in [0.05, 0.1) is 35.9 Å². The lowest BCUT2D eigenvalue weighted by atomic mass is 9.68. The molecular weight excluding hydrogens is 668 g/mol. The summed E-state index contributed by atoms with van der Waals surface area (Å²) in [5, 5.41) is 2.32. The predicted octanol–water partition coefficient (Wildman–Crippen LogP) is 6.86. The third kappa shape index (κ3) is 6.66. The van der Waals surface area contributed by atoms with Crippen molar-refractivity contribution in [2.45, 2.75) is 57.0 Å². The number of carbonyl (C=O) groups excluding carboxylic acids is 2. The summed E-state index contributed by atoms with van der Waals surface area (Å²) in [7, 11) is -1.72. The first-order valence-corrected chi connectivity index (χ1v) is 19.6. The topological polar surface area (TPSA) is 110 Å². The van der Waals surface area contributed by atoms with Crippen molar-refractivity contribution in [2.75, 3.05) is 37.5 Å². The Morgan fingerprint density at radius 3 is 2.88 bits per heavy atom. The predicted molar refractivity (Wildman–Crippen MR) is 189 cm³/mol. The standard InChI is InChI=1S/C36H41ClN4O5S2/c1-23-5-3-7-32(45-2)29-11-8-26(29)18-41-21-36(14-4-6-24-15-28(37)10-12-30(24)36)22-46-33-13-9-25(16-31(33)41)34(42)39-48(44,20-23)40-35(43)27-17-38-47-19-27/h3,7,9-10,12-13,15-17,19,23,26,29,32H,4-6,8,11,14,18,20-22H2,1-2H3,(H,39,40,42,43,44)/b7-3+/t23-,26-,29+,32-,36-,48?/m0/s1. The van der Waals surface area contributed by atoms with E-state index in [1.165, 1.54) is 17.3 Å². The van der Waals surface area contributed by atoms with Crippen molar-refractivity contribution in [3.05, 3.63) is 87.4 Å². The van der Waals surface area contributed by atoms with E-state index in [0.29, 0.717) is 36.2 Å². The first kappa shape index (κ1) is 33.3. The number of halogens is 1. The minimum absolute atomic E-state index is 0.0161. The summed E-state index contributed by atoms with van der Waals surface area (Å²) >= 11 is 7.56. The normalized spacial score (nSPS) is 30.9. The fourth-order valence-corrected chi connectivity index (χ4v) is 10.5. The number of ether oxygens (including phenoxy) is 2. The minimum atomic E-state index is -3.49. The van der Waals surface area contributed by atoms with E-state index in [0.717, 1.165) is 67.4 Å². The molecule has 2 aliphatic carbocycles. The van der Waals surface area contributed by atoms with Gasteiger partial charge < -0.3 is 14.4 Å². The van der Waals surface area contributed by atoms with Crippen molar-refractivity contribution in [3.8, 4) is 5.75 Å². The molecule has 1 aromatic heterocycles. The van der Waals surface area contributed by atoms with Crippen LogP contribution in [-0.2, 0) is 26.5 Å². The fraction of sp³-hybridized carbons (Fsp3) is 0.472. The van der Waals surface area contributed by atoms with Crippen LogP contribution in [0.4, 0.5) is 5.69 Å². The molecule has 9 nitrogen and oxygen atoms in total. The maximum absolute atomic E-state index is 14.3. The summed E-state index contributed by atoms with van der Waals surface area (Å²) in [6.45, 7) is 3.96. The molecule has 254 valence electrons. The summed E-state index contributed by atoms with van der Waals surface area (Å²) in [5.74, 6) is 0.121. The molecule has 3 aromatic rings. The number of hydrogen-bond donors (Lipinski definition) is 1. The van der Waals surface area contributed by atoms with Crippen LogP contribution in [0.25, 0.3) is 0 Å². The van der Waals surface area contributed by atoms with Gasteiger partial charge in [-0.1, -0.05) is 36.7 Å². The van der Waals surface area contributed by atoms with Crippen molar-refractivity contribution in [1.82, 2.24) is 9.10 Å². The van der Waals surface area contributed by atoms with Gasteiger partial charge in [-0.15, -0.1) is 4.36 Å². The van der Waals surface area contributed by atoms with E-state index in [1.54, 1.807) is 18.6 Å². The molecule has 2 amide bonds. The summed E-state index contributed by atoms with van der Waals surface area (Å²) < 4.78 is 37.8. The Kier molecular flexibility index (Phi) is 9.40. The lowest BCUT2D eigenvalue weighted by molar-refractivity contribution is 0.0131. The van der Waals surface area contributed by atoms with Gasteiger partial charge in [0.25, 0.3) is 11.8 Å². The van der Waals surface area contributed by atoms with Gasteiger partial charge >= 0.3 is 0 Å². The van der Waals surface area contributed by atoms with Gasteiger partial charge in [-0.3, -0.25) is 14.3 Å². The zero-order chi connectivity index (χ0) is 33.5. The number of methoxy groups -OCH3 is 1. The van der Waals surface area contributed by atoms with E-state index < -0.39 is 21.7 Å². The van der Waals surface area contributed by atoms with Crippen LogP contribution in [0, 0.1) is 17.8 Å². The van der Waals surface area contributed by atoms with E-state index in [1.807, 2.05) is 25.1 Å². The lowest BCUT2D eigenvalue weighted by Crippen LogP contribution is -2.49. The molecule has 1 unspecified atom stereocenters. The zero-order valence-corrected chi connectivity index (χ0v) is 29.6. The minimum Gasteiger partial charge on any atom is -0.490 e. The average Bonchev–Trinajstić information content (AvgIpc) is 3.55. The number of allylic oxidation sites excluding steroid dienone is 1. The number of benzene rings is 2. The highest BCUT2D eigenvalue weighted by Crippen LogP contribution is 2.47. The molecule has 1 fully saturated rings. The number of anilines is 1. The molecule has 12 heteroatoms.